The molecule has 0 saturated carbocycles. The number of rotatable bonds is 3. The number of nitrogens with zero attached hydrogens (tertiary/aromatic N) is 3. The zero-order valence-electron chi connectivity index (χ0n) is 9.07. The SMILES string of the molecule is N#CCC(=O)N(N)C(=O)c1ccc([N+](=O)[O-])cc1. The lowest BCUT2D eigenvalue weighted by atomic mass is 10.2. The van der Waals surface area contributed by atoms with Crippen LogP contribution in [0.25, 0.3) is 0 Å². The van der Waals surface area contributed by atoms with Crippen LogP contribution in [0.5, 0.6) is 0 Å². The first-order chi connectivity index (χ1) is 8.47. The summed E-state index contributed by atoms with van der Waals surface area (Å²) in [5, 5.41) is 19.0. The Hall–Kier alpha value is -2.79. The molecule has 0 aromatic heterocycles. The van der Waals surface area contributed by atoms with E-state index in [1.165, 1.54) is 12.1 Å². The van der Waals surface area contributed by atoms with Crippen molar-refractivity contribution in [2.45, 2.75) is 6.42 Å². The third kappa shape index (κ3) is 2.87. The van der Waals surface area contributed by atoms with E-state index in [1.54, 1.807) is 6.07 Å². The molecule has 92 valence electrons. The lowest BCUT2D eigenvalue weighted by molar-refractivity contribution is -0.384. The highest BCUT2D eigenvalue weighted by Gasteiger charge is 2.19. The molecule has 0 unspecified atom stereocenters. The summed E-state index contributed by atoms with van der Waals surface area (Å²) in [6.45, 7) is 0. The maximum atomic E-state index is 11.6. The number of nitro benzene ring substituents is 1. The van der Waals surface area contributed by atoms with Crippen molar-refractivity contribution >= 4 is 17.5 Å². The minimum absolute atomic E-state index is 0.0226. The predicted molar refractivity (Wildman–Crippen MR) is 58.7 cm³/mol. The molecule has 2 amide bonds. The summed E-state index contributed by atoms with van der Waals surface area (Å²) in [6, 6.07) is 6.17. The minimum Gasteiger partial charge on any atom is -0.272 e. The van der Waals surface area contributed by atoms with Crippen LogP contribution in [0.15, 0.2) is 24.3 Å². The van der Waals surface area contributed by atoms with Gasteiger partial charge in [-0.2, -0.15) is 5.26 Å². The summed E-state index contributed by atoms with van der Waals surface area (Å²) in [5.41, 5.74) is -0.159. The van der Waals surface area contributed by atoms with E-state index < -0.39 is 23.2 Å². The number of benzene rings is 1. The first-order valence-electron chi connectivity index (χ1n) is 4.70. The molecule has 1 aromatic carbocycles. The van der Waals surface area contributed by atoms with Gasteiger partial charge in [-0.05, 0) is 12.1 Å². The third-order valence-electron chi connectivity index (χ3n) is 2.04. The van der Waals surface area contributed by atoms with Gasteiger partial charge in [0, 0.05) is 17.7 Å². The molecule has 0 aliphatic heterocycles. The highest BCUT2D eigenvalue weighted by atomic mass is 16.6. The molecule has 18 heavy (non-hydrogen) atoms. The third-order valence-corrected chi connectivity index (χ3v) is 2.04. The van der Waals surface area contributed by atoms with Crippen LogP contribution >= 0.6 is 0 Å². The van der Waals surface area contributed by atoms with Gasteiger partial charge in [-0.25, -0.2) is 10.9 Å². The number of carbonyl (C=O) groups is 2. The molecule has 0 radical (unpaired) electrons. The summed E-state index contributed by atoms with van der Waals surface area (Å²) < 4.78 is 0. The molecule has 0 bridgehead atoms. The van der Waals surface area contributed by atoms with Crippen molar-refractivity contribution in [3.05, 3.63) is 39.9 Å². The van der Waals surface area contributed by atoms with Gasteiger partial charge >= 0.3 is 0 Å². The van der Waals surface area contributed by atoms with Crippen LogP contribution in [0, 0.1) is 21.4 Å². The van der Waals surface area contributed by atoms with Gasteiger partial charge < -0.3 is 0 Å². The van der Waals surface area contributed by atoms with Gasteiger partial charge in [0.2, 0.25) is 0 Å². The summed E-state index contributed by atoms with van der Waals surface area (Å²) in [6.07, 6.45) is -0.519. The van der Waals surface area contributed by atoms with E-state index in [9.17, 15) is 19.7 Å². The molecule has 2 N–H and O–H groups in total. The van der Waals surface area contributed by atoms with Crippen molar-refractivity contribution < 1.29 is 14.5 Å². The molecule has 0 atom stereocenters. The summed E-state index contributed by atoms with van der Waals surface area (Å²) in [4.78, 5) is 32.6. The number of nitrogens with two attached hydrogens (primary N) is 1. The first kappa shape index (κ1) is 13.3. The van der Waals surface area contributed by atoms with Crippen LogP contribution in [0.4, 0.5) is 5.69 Å². The van der Waals surface area contributed by atoms with Crippen LogP contribution in [0.3, 0.4) is 0 Å². The second-order valence-corrected chi connectivity index (χ2v) is 3.21. The topological polar surface area (TPSA) is 130 Å². The second-order valence-electron chi connectivity index (χ2n) is 3.21. The van der Waals surface area contributed by atoms with Crippen molar-refractivity contribution in [3.8, 4) is 6.07 Å². The molecule has 0 aliphatic rings. The average Bonchev–Trinajstić information content (AvgIpc) is 2.37. The fourth-order valence-corrected chi connectivity index (χ4v) is 1.13. The predicted octanol–water partition coefficient (Wildman–Crippen LogP) is 0.351. The lowest BCUT2D eigenvalue weighted by Crippen LogP contribution is -2.42. The first-order valence-corrected chi connectivity index (χ1v) is 4.70. The van der Waals surface area contributed by atoms with Crippen molar-refractivity contribution in [2.75, 3.05) is 0 Å². The zero-order valence-corrected chi connectivity index (χ0v) is 9.07. The van der Waals surface area contributed by atoms with Gasteiger partial charge in [-0.3, -0.25) is 19.7 Å². The van der Waals surface area contributed by atoms with Gasteiger partial charge in [0.1, 0.15) is 6.42 Å². The Kier molecular flexibility index (Phi) is 4.07. The molecular formula is C10H8N4O4. The van der Waals surface area contributed by atoms with E-state index >= 15 is 0 Å². The van der Waals surface area contributed by atoms with E-state index in [4.69, 9.17) is 11.1 Å². The Labute approximate surface area is 101 Å². The zero-order chi connectivity index (χ0) is 13.7. The number of amides is 2. The number of carbonyl (C=O) groups excluding carboxylic acids is 2. The highest BCUT2D eigenvalue weighted by Crippen LogP contribution is 2.12. The number of hydrogen-bond acceptors (Lipinski definition) is 6. The molecule has 0 saturated heterocycles. The van der Waals surface area contributed by atoms with Gasteiger partial charge in [-0.1, -0.05) is 0 Å². The molecule has 1 rings (SSSR count). The van der Waals surface area contributed by atoms with E-state index in [0.29, 0.717) is 5.01 Å². The number of hydrazine groups is 1. The van der Waals surface area contributed by atoms with Crippen LogP contribution in [-0.2, 0) is 4.79 Å². The van der Waals surface area contributed by atoms with E-state index in [1.807, 2.05) is 0 Å². The van der Waals surface area contributed by atoms with Gasteiger partial charge in [0.25, 0.3) is 17.5 Å². The molecular weight excluding hydrogens is 240 g/mol. The molecule has 0 fully saturated rings. The quantitative estimate of drug-likeness (QED) is 0.355. The maximum Gasteiger partial charge on any atom is 0.274 e. The van der Waals surface area contributed by atoms with E-state index in [2.05, 4.69) is 0 Å². The number of non-ortho nitro benzene ring substituents is 1. The Bertz CT molecular complexity index is 532. The highest BCUT2D eigenvalue weighted by molar-refractivity contribution is 6.04. The molecule has 1 aromatic rings. The fraction of sp³-hybridized carbons (Fsp3) is 0.100. The fourth-order valence-electron chi connectivity index (χ4n) is 1.13. The van der Waals surface area contributed by atoms with Crippen LogP contribution < -0.4 is 5.84 Å². The number of nitriles is 1. The average molecular weight is 248 g/mol. The second kappa shape index (κ2) is 5.51. The number of imide groups is 1. The van der Waals surface area contributed by atoms with Gasteiger partial charge in [0.05, 0.1) is 11.0 Å². The smallest absolute Gasteiger partial charge is 0.272 e. The summed E-state index contributed by atoms with van der Waals surface area (Å²) in [7, 11) is 0. The normalized spacial score (nSPS) is 9.33. The van der Waals surface area contributed by atoms with Gasteiger partial charge in [0.15, 0.2) is 0 Å². The largest absolute Gasteiger partial charge is 0.274 e. The standard InChI is InChI=1S/C10H8N4O4/c11-6-5-9(15)13(12)10(16)7-1-3-8(4-2-7)14(17)18/h1-4H,5,12H2. The Morgan fingerprint density at radius 2 is 1.94 bits per heavy atom. The van der Waals surface area contributed by atoms with Gasteiger partial charge in [-0.15, -0.1) is 0 Å². The molecule has 0 heterocycles. The number of nitro groups is 1. The maximum absolute atomic E-state index is 11.6. The monoisotopic (exact) mass is 248 g/mol. The molecule has 0 spiro atoms. The minimum atomic E-state index is -0.846. The molecule has 0 aliphatic carbocycles. The van der Waals surface area contributed by atoms with Crippen LogP contribution in [-0.4, -0.2) is 21.7 Å². The molecule has 8 nitrogen and oxygen atoms in total. The van der Waals surface area contributed by atoms with Crippen LogP contribution in [0.1, 0.15) is 16.8 Å². The Morgan fingerprint density at radius 1 is 1.39 bits per heavy atom. The number of hydrogen-bond donors (Lipinski definition) is 1. The Morgan fingerprint density at radius 3 is 2.39 bits per heavy atom. The van der Waals surface area contributed by atoms with Crippen LogP contribution in [0.2, 0.25) is 0 Å². The Balaban J connectivity index is 2.88. The molecule has 8 heteroatoms. The van der Waals surface area contributed by atoms with Crippen molar-refractivity contribution in [2.24, 2.45) is 5.84 Å². The van der Waals surface area contributed by atoms with Crippen molar-refractivity contribution in [3.63, 3.8) is 0 Å². The van der Waals surface area contributed by atoms with E-state index in [0.717, 1.165) is 12.1 Å². The summed E-state index contributed by atoms with van der Waals surface area (Å²) >= 11 is 0. The van der Waals surface area contributed by atoms with Crippen molar-refractivity contribution in [1.29, 1.82) is 5.26 Å². The van der Waals surface area contributed by atoms with Crippen molar-refractivity contribution in [1.82, 2.24) is 5.01 Å². The van der Waals surface area contributed by atoms with E-state index in [-0.39, 0.29) is 11.3 Å². The lowest BCUT2D eigenvalue weighted by Gasteiger charge is -2.12. The summed E-state index contributed by atoms with van der Waals surface area (Å²) in [5.74, 6) is 3.55.